The Kier molecular flexibility index (Phi) is 7.12. The van der Waals surface area contributed by atoms with Crippen molar-refractivity contribution in [3.63, 3.8) is 0 Å². The topological polar surface area (TPSA) is 88.2 Å². The van der Waals surface area contributed by atoms with Crippen LogP contribution in [0.2, 0.25) is 0 Å². The fourth-order valence-corrected chi connectivity index (χ4v) is 4.39. The molecule has 0 aliphatic carbocycles. The highest BCUT2D eigenvalue weighted by molar-refractivity contribution is 7.12. The fourth-order valence-electron chi connectivity index (χ4n) is 3.77. The summed E-state index contributed by atoms with van der Waals surface area (Å²) in [5.41, 5.74) is 1.50. The van der Waals surface area contributed by atoms with Crippen molar-refractivity contribution in [2.75, 3.05) is 45.7 Å². The molecule has 1 aliphatic rings. The first-order chi connectivity index (χ1) is 16.5. The van der Waals surface area contributed by atoms with E-state index in [0.717, 1.165) is 0 Å². The molecule has 3 amide bonds. The Balaban J connectivity index is 1.38. The van der Waals surface area contributed by atoms with Gasteiger partial charge in [0.25, 0.3) is 17.7 Å². The Morgan fingerprint density at radius 2 is 1.59 bits per heavy atom. The summed E-state index contributed by atoms with van der Waals surface area (Å²) in [6.07, 6.45) is 0. The molecule has 1 fully saturated rings. The van der Waals surface area contributed by atoms with Crippen LogP contribution in [-0.2, 0) is 0 Å². The molecule has 34 heavy (non-hydrogen) atoms. The van der Waals surface area contributed by atoms with Gasteiger partial charge in [0.2, 0.25) is 0 Å². The third-order valence-corrected chi connectivity index (χ3v) is 6.47. The van der Waals surface area contributed by atoms with Gasteiger partial charge in [0.15, 0.2) is 0 Å². The average molecular weight is 480 g/mol. The lowest BCUT2D eigenvalue weighted by molar-refractivity contribution is 0.0533. The summed E-state index contributed by atoms with van der Waals surface area (Å²) < 4.78 is 10.6. The summed E-state index contributed by atoms with van der Waals surface area (Å²) in [5.74, 6) is 0.564. The lowest BCUT2D eigenvalue weighted by Crippen LogP contribution is -2.50. The summed E-state index contributed by atoms with van der Waals surface area (Å²) in [6, 6.07) is 15.5. The lowest BCUT2D eigenvalue weighted by Gasteiger charge is -2.35. The van der Waals surface area contributed by atoms with Gasteiger partial charge < -0.3 is 24.6 Å². The summed E-state index contributed by atoms with van der Waals surface area (Å²) in [5, 5.41) is 4.67. The molecule has 8 nitrogen and oxygen atoms in total. The van der Waals surface area contributed by atoms with Crippen molar-refractivity contribution >= 4 is 34.7 Å². The van der Waals surface area contributed by atoms with Gasteiger partial charge in [-0.1, -0.05) is 12.1 Å². The number of thiophene rings is 1. The first kappa shape index (κ1) is 23.3. The molecule has 0 atom stereocenters. The number of amides is 3. The summed E-state index contributed by atoms with van der Waals surface area (Å²) in [4.78, 5) is 42.4. The van der Waals surface area contributed by atoms with Gasteiger partial charge in [0.05, 0.1) is 24.7 Å². The summed E-state index contributed by atoms with van der Waals surface area (Å²) >= 11 is 1.35. The van der Waals surface area contributed by atoms with Crippen LogP contribution in [0.4, 0.5) is 5.69 Å². The predicted octanol–water partition coefficient (Wildman–Crippen LogP) is 3.62. The molecule has 2 heterocycles. The van der Waals surface area contributed by atoms with Crippen LogP contribution >= 0.6 is 11.3 Å². The SMILES string of the molecule is COc1ccc(C(=O)N2CCN(C(=O)c3cccc(NC(=O)c4cccs4)c3)CC2)c(OC)c1. The summed E-state index contributed by atoms with van der Waals surface area (Å²) in [7, 11) is 3.07. The Bertz CT molecular complexity index is 1190. The number of hydrogen-bond donors (Lipinski definition) is 1. The maximum atomic E-state index is 13.1. The molecular weight excluding hydrogens is 454 g/mol. The van der Waals surface area contributed by atoms with E-state index in [2.05, 4.69) is 5.32 Å². The number of benzene rings is 2. The van der Waals surface area contributed by atoms with E-state index in [1.165, 1.54) is 18.4 Å². The summed E-state index contributed by atoms with van der Waals surface area (Å²) in [6.45, 7) is 1.65. The highest BCUT2D eigenvalue weighted by Crippen LogP contribution is 2.26. The molecule has 2 aromatic carbocycles. The van der Waals surface area contributed by atoms with E-state index >= 15 is 0 Å². The smallest absolute Gasteiger partial charge is 0.265 e. The molecule has 3 aromatic rings. The maximum Gasteiger partial charge on any atom is 0.265 e. The zero-order valence-electron chi connectivity index (χ0n) is 18.9. The maximum absolute atomic E-state index is 13.1. The molecule has 0 unspecified atom stereocenters. The minimum atomic E-state index is -0.208. The van der Waals surface area contributed by atoms with Gasteiger partial charge in [-0.2, -0.15) is 0 Å². The minimum absolute atomic E-state index is 0.138. The van der Waals surface area contributed by atoms with Crippen LogP contribution in [0.15, 0.2) is 60.0 Å². The van der Waals surface area contributed by atoms with Crippen molar-refractivity contribution in [2.24, 2.45) is 0 Å². The van der Waals surface area contributed by atoms with Gasteiger partial charge in [0.1, 0.15) is 11.5 Å². The monoisotopic (exact) mass is 479 g/mol. The zero-order chi connectivity index (χ0) is 24.1. The average Bonchev–Trinajstić information content (AvgIpc) is 3.43. The third-order valence-electron chi connectivity index (χ3n) is 5.61. The largest absolute Gasteiger partial charge is 0.497 e. The van der Waals surface area contributed by atoms with Crippen molar-refractivity contribution < 1.29 is 23.9 Å². The van der Waals surface area contributed by atoms with E-state index in [0.29, 0.717) is 59.4 Å². The molecule has 4 rings (SSSR count). The number of nitrogens with zero attached hydrogens (tertiary/aromatic N) is 2. The van der Waals surface area contributed by atoms with Gasteiger partial charge in [-0.15, -0.1) is 11.3 Å². The number of methoxy groups -OCH3 is 2. The number of carbonyl (C=O) groups excluding carboxylic acids is 3. The molecule has 1 aliphatic heterocycles. The number of carbonyl (C=O) groups is 3. The number of anilines is 1. The van der Waals surface area contributed by atoms with Crippen LogP contribution in [0.3, 0.4) is 0 Å². The van der Waals surface area contributed by atoms with E-state index in [4.69, 9.17) is 9.47 Å². The van der Waals surface area contributed by atoms with Crippen LogP contribution in [-0.4, -0.2) is 67.9 Å². The van der Waals surface area contributed by atoms with Gasteiger partial charge >= 0.3 is 0 Å². The number of hydrogen-bond acceptors (Lipinski definition) is 6. The second-order valence-electron chi connectivity index (χ2n) is 7.66. The number of ether oxygens (including phenoxy) is 2. The van der Waals surface area contributed by atoms with Crippen molar-refractivity contribution in [1.29, 1.82) is 0 Å². The molecule has 1 saturated heterocycles. The van der Waals surface area contributed by atoms with E-state index in [1.807, 2.05) is 11.4 Å². The number of piperazine rings is 1. The Morgan fingerprint density at radius 3 is 2.24 bits per heavy atom. The molecule has 0 bridgehead atoms. The Labute approximate surface area is 201 Å². The highest BCUT2D eigenvalue weighted by atomic mass is 32.1. The molecular formula is C25H25N3O5S. The Hall–Kier alpha value is -3.85. The van der Waals surface area contributed by atoms with Crippen LogP contribution in [0.1, 0.15) is 30.4 Å². The van der Waals surface area contributed by atoms with E-state index in [9.17, 15) is 14.4 Å². The fraction of sp³-hybridized carbons (Fsp3) is 0.240. The predicted molar refractivity (Wildman–Crippen MR) is 130 cm³/mol. The van der Waals surface area contributed by atoms with Gasteiger partial charge in [0, 0.05) is 43.5 Å². The van der Waals surface area contributed by atoms with Gasteiger partial charge in [-0.25, -0.2) is 0 Å². The van der Waals surface area contributed by atoms with E-state index in [-0.39, 0.29) is 17.7 Å². The lowest BCUT2D eigenvalue weighted by atomic mass is 10.1. The standard InChI is InChI=1S/C25H25N3O5S/c1-32-19-8-9-20(21(16-19)33-2)25(31)28-12-10-27(11-13-28)24(30)17-5-3-6-18(15-17)26-23(29)22-7-4-14-34-22/h3-9,14-16H,10-13H2,1-2H3,(H,26,29). The van der Waals surface area contributed by atoms with Crippen molar-refractivity contribution in [2.45, 2.75) is 0 Å². The van der Waals surface area contributed by atoms with Crippen LogP contribution < -0.4 is 14.8 Å². The quantitative estimate of drug-likeness (QED) is 0.584. The highest BCUT2D eigenvalue weighted by Gasteiger charge is 2.27. The molecule has 9 heteroatoms. The van der Waals surface area contributed by atoms with E-state index in [1.54, 1.807) is 65.4 Å². The molecule has 1 aromatic heterocycles. The first-order valence-electron chi connectivity index (χ1n) is 10.8. The van der Waals surface area contributed by atoms with Gasteiger partial charge in [-0.3, -0.25) is 14.4 Å². The third kappa shape index (κ3) is 5.04. The number of nitrogens with one attached hydrogen (secondary N) is 1. The normalized spacial score (nSPS) is 13.4. The van der Waals surface area contributed by atoms with Crippen LogP contribution in [0.5, 0.6) is 11.5 Å². The molecule has 0 radical (unpaired) electrons. The van der Waals surface area contributed by atoms with Crippen molar-refractivity contribution in [3.05, 3.63) is 76.0 Å². The molecule has 176 valence electrons. The second-order valence-corrected chi connectivity index (χ2v) is 8.61. The first-order valence-corrected chi connectivity index (χ1v) is 11.6. The van der Waals surface area contributed by atoms with Crippen LogP contribution in [0, 0.1) is 0 Å². The minimum Gasteiger partial charge on any atom is -0.497 e. The van der Waals surface area contributed by atoms with Crippen LogP contribution in [0.25, 0.3) is 0 Å². The zero-order valence-corrected chi connectivity index (χ0v) is 19.8. The molecule has 1 N–H and O–H groups in total. The molecule has 0 spiro atoms. The second kappa shape index (κ2) is 10.4. The van der Waals surface area contributed by atoms with Crippen molar-refractivity contribution in [1.82, 2.24) is 9.80 Å². The number of rotatable bonds is 6. The van der Waals surface area contributed by atoms with Crippen molar-refractivity contribution in [3.8, 4) is 11.5 Å². The van der Waals surface area contributed by atoms with Gasteiger partial charge in [-0.05, 0) is 41.8 Å². The van der Waals surface area contributed by atoms with E-state index < -0.39 is 0 Å². The molecule has 0 saturated carbocycles. The Morgan fingerprint density at radius 1 is 0.853 bits per heavy atom.